The maximum atomic E-state index is 12.0. The molecule has 1 heterocycles. The smallest absolute Gasteiger partial charge is 0.291 e. The Balaban J connectivity index is 1.98. The lowest BCUT2D eigenvalue weighted by Gasteiger charge is -2.07. The van der Waals surface area contributed by atoms with E-state index in [4.69, 9.17) is 9.68 Å². The molecule has 2 rings (SSSR count). The van der Waals surface area contributed by atoms with Gasteiger partial charge in [-0.2, -0.15) is 5.26 Å². The number of nitriles is 1. The molecule has 0 radical (unpaired) electrons. The molecule has 0 atom stereocenters. The standard InChI is InChI=1S/C15H12BrN3O3/c16-13-5-4-12(22-13)15(21)19-11-3-1-2-10(8-11)9-18-14(20)6-7-17/h1-5,8H,6,9H2,(H,18,20)(H,19,21). The van der Waals surface area contributed by atoms with Crippen LogP contribution in [0.1, 0.15) is 22.5 Å². The van der Waals surface area contributed by atoms with Crippen LogP contribution >= 0.6 is 15.9 Å². The highest BCUT2D eigenvalue weighted by Gasteiger charge is 2.10. The first-order valence-corrected chi connectivity index (χ1v) is 7.17. The number of nitrogens with one attached hydrogen (secondary N) is 2. The zero-order valence-electron chi connectivity index (χ0n) is 11.4. The van der Waals surface area contributed by atoms with Crippen molar-refractivity contribution in [3.05, 3.63) is 52.4 Å². The highest BCUT2D eigenvalue weighted by molar-refractivity contribution is 9.10. The van der Waals surface area contributed by atoms with Crippen LogP contribution in [-0.4, -0.2) is 11.8 Å². The normalized spacial score (nSPS) is 9.82. The molecule has 7 heteroatoms. The summed E-state index contributed by atoms with van der Waals surface area (Å²) in [6.07, 6.45) is -0.177. The zero-order valence-corrected chi connectivity index (χ0v) is 13.0. The van der Waals surface area contributed by atoms with Gasteiger partial charge in [0.15, 0.2) is 10.4 Å². The number of carbonyl (C=O) groups is 2. The monoisotopic (exact) mass is 361 g/mol. The summed E-state index contributed by atoms with van der Waals surface area (Å²) in [5.41, 5.74) is 1.40. The maximum absolute atomic E-state index is 12.0. The van der Waals surface area contributed by atoms with Gasteiger partial charge in [0.05, 0.1) is 6.07 Å². The minimum Gasteiger partial charge on any atom is -0.444 e. The number of anilines is 1. The highest BCUT2D eigenvalue weighted by Crippen LogP contribution is 2.16. The van der Waals surface area contributed by atoms with Crippen LogP contribution in [0.15, 0.2) is 45.5 Å². The molecule has 0 aliphatic heterocycles. The Labute approximate surface area is 135 Å². The summed E-state index contributed by atoms with van der Waals surface area (Å²) in [4.78, 5) is 23.2. The summed E-state index contributed by atoms with van der Waals surface area (Å²) in [6, 6.07) is 12.0. The second kappa shape index (κ2) is 7.43. The van der Waals surface area contributed by atoms with E-state index in [-0.39, 0.29) is 30.5 Å². The number of amides is 2. The van der Waals surface area contributed by atoms with Crippen molar-refractivity contribution in [3.63, 3.8) is 0 Å². The van der Waals surface area contributed by atoms with E-state index in [1.165, 1.54) is 0 Å². The van der Waals surface area contributed by atoms with Gasteiger partial charge in [0.2, 0.25) is 5.91 Å². The SMILES string of the molecule is N#CCC(=O)NCc1cccc(NC(=O)c2ccc(Br)o2)c1. The first kappa shape index (κ1) is 15.8. The molecular formula is C15H12BrN3O3. The van der Waals surface area contributed by atoms with E-state index < -0.39 is 0 Å². The Hall–Kier alpha value is -2.59. The number of halogens is 1. The third-order valence-corrected chi connectivity index (χ3v) is 3.14. The Morgan fingerprint density at radius 1 is 1.27 bits per heavy atom. The Kier molecular flexibility index (Phi) is 5.33. The molecule has 2 aromatic rings. The van der Waals surface area contributed by atoms with Crippen LogP contribution < -0.4 is 10.6 Å². The topological polar surface area (TPSA) is 95.1 Å². The van der Waals surface area contributed by atoms with Crippen LogP contribution in [0.2, 0.25) is 0 Å². The first-order valence-electron chi connectivity index (χ1n) is 6.38. The average molecular weight is 362 g/mol. The molecule has 22 heavy (non-hydrogen) atoms. The molecular weight excluding hydrogens is 350 g/mol. The minimum atomic E-state index is -0.364. The third kappa shape index (κ3) is 4.46. The van der Waals surface area contributed by atoms with Crippen LogP contribution in [-0.2, 0) is 11.3 Å². The van der Waals surface area contributed by atoms with Crippen LogP contribution in [0.25, 0.3) is 0 Å². The summed E-state index contributed by atoms with van der Waals surface area (Å²) in [6.45, 7) is 0.288. The molecule has 0 saturated heterocycles. The summed E-state index contributed by atoms with van der Waals surface area (Å²) in [5, 5.41) is 13.7. The fourth-order valence-electron chi connectivity index (χ4n) is 1.72. The van der Waals surface area contributed by atoms with E-state index in [2.05, 4.69) is 26.6 Å². The Morgan fingerprint density at radius 2 is 2.09 bits per heavy atom. The van der Waals surface area contributed by atoms with Gasteiger partial charge in [0.1, 0.15) is 6.42 Å². The second-order valence-electron chi connectivity index (χ2n) is 4.37. The number of benzene rings is 1. The van der Waals surface area contributed by atoms with Gasteiger partial charge < -0.3 is 15.1 Å². The fourth-order valence-corrected chi connectivity index (χ4v) is 2.03. The lowest BCUT2D eigenvalue weighted by atomic mass is 10.2. The van der Waals surface area contributed by atoms with Crippen molar-refractivity contribution in [2.24, 2.45) is 0 Å². The van der Waals surface area contributed by atoms with Gasteiger partial charge >= 0.3 is 0 Å². The largest absolute Gasteiger partial charge is 0.444 e. The summed E-state index contributed by atoms with van der Waals surface area (Å²) >= 11 is 3.13. The van der Waals surface area contributed by atoms with Gasteiger partial charge in [-0.25, -0.2) is 0 Å². The second-order valence-corrected chi connectivity index (χ2v) is 5.15. The number of carbonyl (C=O) groups excluding carboxylic acids is 2. The van der Waals surface area contributed by atoms with Crippen LogP contribution in [0.5, 0.6) is 0 Å². The van der Waals surface area contributed by atoms with Crippen molar-refractivity contribution in [2.75, 3.05) is 5.32 Å². The Bertz CT molecular complexity index is 734. The van der Waals surface area contributed by atoms with E-state index >= 15 is 0 Å². The van der Waals surface area contributed by atoms with Gasteiger partial charge in [-0.3, -0.25) is 9.59 Å². The van der Waals surface area contributed by atoms with E-state index in [0.29, 0.717) is 10.4 Å². The molecule has 0 saturated carbocycles. The zero-order chi connectivity index (χ0) is 15.9. The van der Waals surface area contributed by atoms with Gasteiger partial charge in [-0.1, -0.05) is 12.1 Å². The molecule has 1 aromatic carbocycles. The van der Waals surface area contributed by atoms with E-state index in [9.17, 15) is 9.59 Å². The average Bonchev–Trinajstić information content (AvgIpc) is 2.93. The fraction of sp³-hybridized carbons (Fsp3) is 0.133. The van der Waals surface area contributed by atoms with E-state index in [1.807, 2.05) is 6.07 Å². The molecule has 0 aliphatic carbocycles. The molecule has 1 aromatic heterocycles. The molecule has 0 aliphatic rings. The molecule has 0 unspecified atom stereocenters. The van der Waals surface area contributed by atoms with Gasteiger partial charge in [-0.05, 0) is 45.8 Å². The van der Waals surface area contributed by atoms with Crippen LogP contribution in [0.3, 0.4) is 0 Å². The number of hydrogen-bond acceptors (Lipinski definition) is 4. The molecule has 2 amide bonds. The summed E-state index contributed by atoms with van der Waals surface area (Å²) in [5.74, 6) is -0.506. The molecule has 0 bridgehead atoms. The number of nitrogens with zero attached hydrogens (tertiary/aromatic N) is 1. The van der Waals surface area contributed by atoms with Crippen molar-refractivity contribution in [1.29, 1.82) is 5.26 Å². The molecule has 0 fully saturated rings. The van der Waals surface area contributed by atoms with Crippen LogP contribution in [0, 0.1) is 11.3 Å². The van der Waals surface area contributed by atoms with Crippen molar-refractivity contribution in [1.82, 2.24) is 5.32 Å². The quantitative estimate of drug-likeness (QED) is 0.855. The first-order chi connectivity index (χ1) is 10.6. The lowest BCUT2D eigenvalue weighted by molar-refractivity contribution is -0.120. The molecule has 112 valence electrons. The maximum Gasteiger partial charge on any atom is 0.291 e. The predicted octanol–water partition coefficient (Wildman–Crippen LogP) is 2.82. The summed E-state index contributed by atoms with van der Waals surface area (Å²) in [7, 11) is 0. The van der Waals surface area contributed by atoms with Gasteiger partial charge in [0, 0.05) is 12.2 Å². The third-order valence-electron chi connectivity index (χ3n) is 2.71. The van der Waals surface area contributed by atoms with Gasteiger partial charge in [0.25, 0.3) is 5.91 Å². The summed E-state index contributed by atoms with van der Waals surface area (Å²) < 4.78 is 5.65. The number of rotatable bonds is 5. The highest BCUT2D eigenvalue weighted by atomic mass is 79.9. The molecule has 6 nitrogen and oxygen atoms in total. The van der Waals surface area contributed by atoms with E-state index in [0.717, 1.165) is 5.56 Å². The van der Waals surface area contributed by atoms with Gasteiger partial charge in [-0.15, -0.1) is 0 Å². The van der Waals surface area contributed by atoms with E-state index in [1.54, 1.807) is 36.4 Å². The van der Waals surface area contributed by atoms with Crippen molar-refractivity contribution >= 4 is 33.4 Å². The molecule has 2 N–H and O–H groups in total. The van der Waals surface area contributed by atoms with Crippen molar-refractivity contribution in [2.45, 2.75) is 13.0 Å². The minimum absolute atomic E-state index is 0.177. The number of hydrogen-bond donors (Lipinski definition) is 2. The van der Waals surface area contributed by atoms with Crippen LogP contribution in [0.4, 0.5) is 5.69 Å². The van der Waals surface area contributed by atoms with Crippen molar-refractivity contribution < 1.29 is 14.0 Å². The molecule has 0 spiro atoms. The Morgan fingerprint density at radius 3 is 2.77 bits per heavy atom. The predicted molar refractivity (Wildman–Crippen MR) is 82.9 cm³/mol. The number of furan rings is 1. The lowest BCUT2D eigenvalue weighted by Crippen LogP contribution is -2.21. The van der Waals surface area contributed by atoms with Crippen molar-refractivity contribution in [3.8, 4) is 6.07 Å².